The lowest BCUT2D eigenvalue weighted by Crippen LogP contribution is -2.30. The highest BCUT2D eigenvalue weighted by molar-refractivity contribution is 7.08. The molecule has 1 fully saturated rings. The third-order valence-corrected chi connectivity index (χ3v) is 4.43. The summed E-state index contributed by atoms with van der Waals surface area (Å²) in [6, 6.07) is 12.3. The van der Waals surface area contributed by atoms with Gasteiger partial charge in [-0.2, -0.15) is 11.3 Å². The van der Waals surface area contributed by atoms with E-state index in [2.05, 4.69) is 34.5 Å². The molecule has 2 aromatic rings. The number of nitrogens with zero attached hydrogens (tertiary/aromatic N) is 1. The predicted molar refractivity (Wildman–Crippen MR) is 83.4 cm³/mol. The van der Waals surface area contributed by atoms with Crippen LogP contribution in [-0.2, 0) is 0 Å². The van der Waals surface area contributed by atoms with E-state index in [1.165, 1.54) is 5.69 Å². The summed E-state index contributed by atoms with van der Waals surface area (Å²) in [7, 11) is 0. The summed E-state index contributed by atoms with van der Waals surface area (Å²) in [4.78, 5) is 14.3. The van der Waals surface area contributed by atoms with Crippen LogP contribution in [0.15, 0.2) is 47.2 Å². The molecule has 1 atom stereocenters. The second kappa shape index (κ2) is 6.09. The molecule has 0 radical (unpaired) electrons. The van der Waals surface area contributed by atoms with Gasteiger partial charge in [0.2, 0.25) is 0 Å². The second-order valence-electron chi connectivity index (χ2n) is 5.16. The van der Waals surface area contributed by atoms with Crippen LogP contribution in [0, 0.1) is 5.92 Å². The molecule has 1 aliphatic heterocycles. The Morgan fingerprint density at radius 1 is 1.30 bits per heavy atom. The molecule has 104 valence electrons. The van der Waals surface area contributed by atoms with Crippen LogP contribution in [0.5, 0.6) is 0 Å². The van der Waals surface area contributed by atoms with Crippen LogP contribution in [-0.4, -0.2) is 25.5 Å². The van der Waals surface area contributed by atoms with Gasteiger partial charge < -0.3 is 10.2 Å². The number of amides is 1. The van der Waals surface area contributed by atoms with Crippen molar-refractivity contribution >= 4 is 22.9 Å². The van der Waals surface area contributed by atoms with Crippen molar-refractivity contribution in [3.63, 3.8) is 0 Å². The number of para-hydroxylation sites is 1. The highest BCUT2D eigenvalue weighted by atomic mass is 32.1. The summed E-state index contributed by atoms with van der Waals surface area (Å²) in [6.07, 6.45) is 1.14. The molecule has 0 bridgehead atoms. The van der Waals surface area contributed by atoms with E-state index in [0.717, 1.165) is 31.6 Å². The van der Waals surface area contributed by atoms with Gasteiger partial charge >= 0.3 is 0 Å². The Morgan fingerprint density at radius 3 is 2.90 bits per heavy atom. The highest BCUT2D eigenvalue weighted by Gasteiger charge is 2.23. The van der Waals surface area contributed by atoms with E-state index in [1.54, 1.807) is 11.3 Å². The maximum atomic E-state index is 11.9. The molecular weight excluding hydrogens is 268 g/mol. The molecule has 1 unspecified atom stereocenters. The van der Waals surface area contributed by atoms with Gasteiger partial charge in [-0.25, -0.2) is 0 Å². The molecule has 4 heteroatoms. The smallest absolute Gasteiger partial charge is 0.252 e. The van der Waals surface area contributed by atoms with Gasteiger partial charge in [-0.1, -0.05) is 18.2 Å². The van der Waals surface area contributed by atoms with Crippen LogP contribution in [0.25, 0.3) is 0 Å². The molecule has 0 aliphatic carbocycles. The zero-order chi connectivity index (χ0) is 13.8. The van der Waals surface area contributed by atoms with Gasteiger partial charge in [-0.3, -0.25) is 4.79 Å². The number of hydrogen-bond acceptors (Lipinski definition) is 3. The third kappa shape index (κ3) is 3.02. The van der Waals surface area contributed by atoms with E-state index in [0.29, 0.717) is 5.92 Å². The topological polar surface area (TPSA) is 32.3 Å². The molecule has 3 rings (SSSR count). The largest absolute Gasteiger partial charge is 0.371 e. The van der Waals surface area contributed by atoms with Gasteiger partial charge in [0.05, 0.1) is 0 Å². The first-order valence-corrected chi connectivity index (χ1v) is 7.87. The average Bonchev–Trinajstić information content (AvgIpc) is 3.17. The Hall–Kier alpha value is -1.81. The van der Waals surface area contributed by atoms with Crippen molar-refractivity contribution in [1.82, 2.24) is 5.32 Å². The van der Waals surface area contributed by atoms with E-state index in [4.69, 9.17) is 0 Å². The Balaban J connectivity index is 1.50. The number of benzene rings is 1. The summed E-state index contributed by atoms with van der Waals surface area (Å²) < 4.78 is 0. The number of carbonyl (C=O) groups excluding carboxylic acids is 1. The number of rotatable bonds is 4. The monoisotopic (exact) mass is 286 g/mol. The number of anilines is 1. The fraction of sp³-hybridized carbons (Fsp3) is 0.312. The molecule has 20 heavy (non-hydrogen) atoms. The van der Waals surface area contributed by atoms with Crippen LogP contribution in [0.1, 0.15) is 16.8 Å². The maximum absolute atomic E-state index is 11.9. The fourth-order valence-electron chi connectivity index (χ4n) is 2.61. The maximum Gasteiger partial charge on any atom is 0.252 e. The first-order chi connectivity index (χ1) is 9.83. The highest BCUT2D eigenvalue weighted by Crippen LogP contribution is 2.23. The SMILES string of the molecule is O=C(NCC1CCN(c2ccccc2)C1)c1ccsc1. The molecule has 0 saturated carbocycles. The summed E-state index contributed by atoms with van der Waals surface area (Å²) in [5, 5.41) is 6.86. The number of hydrogen-bond donors (Lipinski definition) is 1. The van der Waals surface area contributed by atoms with Crippen LogP contribution < -0.4 is 10.2 Å². The Kier molecular flexibility index (Phi) is 4.02. The van der Waals surface area contributed by atoms with Crippen molar-refractivity contribution in [2.75, 3.05) is 24.5 Å². The minimum Gasteiger partial charge on any atom is -0.371 e. The lowest BCUT2D eigenvalue weighted by atomic mass is 10.1. The molecule has 1 N–H and O–H groups in total. The summed E-state index contributed by atoms with van der Waals surface area (Å²) in [5.41, 5.74) is 2.05. The van der Waals surface area contributed by atoms with Gasteiger partial charge in [0.1, 0.15) is 0 Å². The van der Waals surface area contributed by atoms with Gasteiger partial charge in [-0.05, 0) is 35.9 Å². The van der Waals surface area contributed by atoms with Crippen molar-refractivity contribution in [1.29, 1.82) is 0 Å². The lowest BCUT2D eigenvalue weighted by Gasteiger charge is -2.18. The minimum atomic E-state index is 0.0458. The molecule has 1 aromatic heterocycles. The van der Waals surface area contributed by atoms with E-state index in [-0.39, 0.29) is 5.91 Å². The first-order valence-electron chi connectivity index (χ1n) is 6.93. The van der Waals surface area contributed by atoms with Crippen molar-refractivity contribution in [2.24, 2.45) is 5.92 Å². The van der Waals surface area contributed by atoms with Crippen molar-refractivity contribution in [2.45, 2.75) is 6.42 Å². The van der Waals surface area contributed by atoms with Gasteiger partial charge in [0, 0.05) is 36.3 Å². The van der Waals surface area contributed by atoms with Gasteiger partial charge in [-0.15, -0.1) is 0 Å². The van der Waals surface area contributed by atoms with E-state index in [9.17, 15) is 4.79 Å². The Labute approximate surface area is 123 Å². The lowest BCUT2D eigenvalue weighted by molar-refractivity contribution is 0.0949. The van der Waals surface area contributed by atoms with E-state index < -0.39 is 0 Å². The van der Waals surface area contributed by atoms with Crippen LogP contribution in [0.2, 0.25) is 0 Å². The van der Waals surface area contributed by atoms with Crippen LogP contribution >= 0.6 is 11.3 Å². The number of nitrogens with one attached hydrogen (secondary N) is 1. The molecule has 3 nitrogen and oxygen atoms in total. The summed E-state index contributed by atoms with van der Waals surface area (Å²) in [5.74, 6) is 0.585. The quantitative estimate of drug-likeness (QED) is 0.937. The molecular formula is C16H18N2OS. The van der Waals surface area contributed by atoms with E-state index >= 15 is 0 Å². The Bertz CT molecular complexity index is 553. The standard InChI is InChI=1S/C16H18N2OS/c19-16(14-7-9-20-12-14)17-10-13-6-8-18(11-13)15-4-2-1-3-5-15/h1-5,7,9,12-13H,6,8,10-11H2,(H,17,19). The van der Waals surface area contributed by atoms with Crippen molar-refractivity contribution < 1.29 is 4.79 Å². The third-order valence-electron chi connectivity index (χ3n) is 3.74. The molecule has 1 aromatic carbocycles. The second-order valence-corrected chi connectivity index (χ2v) is 5.94. The molecule has 1 aliphatic rings. The normalized spacial score (nSPS) is 18.2. The van der Waals surface area contributed by atoms with Gasteiger partial charge in [0.25, 0.3) is 5.91 Å². The molecule has 1 saturated heterocycles. The first kappa shape index (κ1) is 13.2. The van der Waals surface area contributed by atoms with Crippen LogP contribution in [0.4, 0.5) is 5.69 Å². The zero-order valence-electron chi connectivity index (χ0n) is 11.3. The number of thiophene rings is 1. The molecule has 0 spiro atoms. The minimum absolute atomic E-state index is 0.0458. The summed E-state index contributed by atoms with van der Waals surface area (Å²) in [6.45, 7) is 2.86. The zero-order valence-corrected chi connectivity index (χ0v) is 12.1. The summed E-state index contributed by atoms with van der Waals surface area (Å²) >= 11 is 1.55. The molecule has 1 amide bonds. The van der Waals surface area contributed by atoms with Crippen LogP contribution in [0.3, 0.4) is 0 Å². The number of carbonyl (C=O) groups is 1. The van der Waals surface area contributed by atoms with E-state index in [1.807, 2.05) is 22.9 Å². The van der Waals surface area contributed by atoms with Crippen molar-refractivity contribution in [3.05, 3.63) is 52.7 Å². The Morgan fingerprint density at radius 2 is 2.15 bits per heavy atom. The molecule has 2 heterocycles. The van der Waals surface area contributed by atoms with Crippen molar-refractivity contribution in [3.8, 4) is 0 Å². The predicted octanol–water partition coefficient (Wildman–Crippen LogP) is 3.00. The average molecular weight is 286 g/mol. The fourth-order valence-corrected chi connectivity index (χ4v) is 3.24. The van der Waals surface area contributed by atoms with Gasteiger partial charge in [0.15, 0.2) is 0 Å².